The fraction of sp³-hybridized carbons (Fsp3) is 0.312. The van der Waals surface area contributed by atoms with Gasteiger partial charge in [0.05, 0.1) is 0 Å². The lowest BCUT2D eigenvalue weighted by Gasteiger charge is -2.15. The van der Waals surface area contributed by atoms with Crippen molar-refractivity contribution in [2.24, 2.45) is 0 Å². The van der Waals surface area contributed by atoms with E-state index >= 15 is 0 Å². The lowest BCUT2D eigenvalue weighted by molar-refractivity contribution is -0.274. The molecule has 0 atom stereocenters. The number of anilines is 1. The maximum absolute atomic E-state index is 12.4. The van der Waals surface area contributed by atoms with E-state index in [-0.39, 0.29) is 11.7 Å². The van der Waals surface area contributed by atoms with Crippen LogP contribution in [0.15, 0.2) is 42.6 Å². The van der Waals surface area contributed by atoms with E-state index in [0.717, 1.165) is 5.56 Å². The highest BCUT2D eigenvalue weighted by Crippen LogP contribution is 2.28. The largest absolute Gasteiger partial charge is 0.573 e. The number of hydrogen-bond donors (Lipinski definition) is 1. The highest BCUT2D eigenvalue weighted by Gasteiger charge is 2.31. The topological polar surface area (TPSA) is 34.2 Å². The molecule has 3 nitrogen and oxygen atoms in total. The number of pyridine rings is 1. The zero-order valence-corrected chi connectivity index (χ0v) is 12.3. The molecule has 118 valence electrons. The van der Waals surface area contributed by atoms with Crippen molar-refractivity contribution in [3.8, 4) is 5.75 Å². The molecule has 2 aromatic rings. The summed E-state index contributed by atoms with van der Waals surface area (Å²) >= 11 is 0. The van der Waals surface area contributed by atoms with Gasteiger partial charge in [-0.1, -0.05) is 26.0 Å². The second-order valence-electron chi connectivity index (χ2n) is 5.18. The minimum atomic E-state index is -4.69. The van der Waals surface area contributed by atoms with Gasteiger partial charge in [-0.15, -0.1) is 13.2 Å². The monoisotopic (exact) mass is 310 g/mol. The Kier molecular flexibility index (Phi) is 4.90. The molecule has 0 saturated heterocycles. The molecule has 1 heterocycles. The fourth-order valence-electron chi connectivity index (χ4n) is 1.97. The Morgan fingerprint density at radius 3 is 2.55 bits per heavy atom. The van der Waals surface area contributed by atoms with E-state index in [1.54, 1.807) is 18.3 Å². The summed E-state index contributed by atoms with van der Waals surface area (Å²) in [4.78, 5) is 4.11. The Morgan fingerprint density at radius 2 is 1.95 bits per heavy atom. The molecule has 0 radical (unpaired) electrons. The summed E-state index contributed by atoms with van der Waals surface area (Å²) in [6.45, 7) is 4.21. The Balaban J connectivity index is 2.18. The van der Waals surface area contributed by atoms with Crippen LogP contribution in [0.1, 0.15) is 30.9 Å². The highest BCUT2D eigenvalue weighted by molar-refractivity contribution is 5.40. The second kappa shape index (κ2) is 6.68. The normalized spacial score (nSPS) is 11.5. The average Bonchev–Trinajstić information content (AvgIpc) is 2.44. The Morgan fingerprint density at radius 1 is 1.18 bits per heavy atom. The number of ether oxygens (including phenoxy) is 1. The number of halogens is 3. The summed E-state index contributed by atoms with van der Waals surface area (Å²) in [5, 5.41) is 3.07. The Hall–Kier alpha value is -2.24. The van der Waals surface area contributed by atoms with E-state index in [9.17, 15) is 13.2 Å². The van der Waals surface area contributed by atoms with Gasteiger partial charge in [0.2, 0.25) is 0 Å². The molecule has 2 rings (SSSR count). The van der Waals surface area contributed by atoms with Crippen molar-refractivity contribution in [1.82, 2.24) is 4.98 Å². The number of aromatic nitrogens is 1. The van der Waals surface area contributed by atoms with Crippen molar-refractivity contribution in [2.45, 2.75) is 32.7 Å². The first-order valence-corrected chi connectivity index (χ1v) is 6.88. The molecular formula is C16H17F3N2O. The summed E-state index contributed by atoms with van der Waals surface area (Å²) in [5.74, 6) is 0.567. The third-order valence-corrected chi connectivity index (χ3v) is 3.03. The molecule has 0 bridgehead atoms. The van der Waals surface area contributed by atoms with Gasteiger partial charge in [0.15, 0.2) is 0 Å². The Bertz CT molecular complexity index is 613. The molecule has 0 fully saturated rings. The number of rotatable bonds is 5. The fourth-order valence-corrected chi connectivity index (χ4v) is 1.97. The van der Waals surface area contributed by atoms with Crippen LogP contribution in [0.2, 0.25) is 0 Å². The molecule has 0 aliphatic heterocycles. The van der Waals surface area contributed by atoms with Gasteiger partial charge in [-0.3, -0.25) is 0 Å². The summed E-state index contributed by atoms with van der Waals surface area (Å²) in [7, 11) is 0. The molecule has 0 amide bonds. The summed E-state index contributed by atoms with van der Waals surface area (Å²) in [6.07, 6.45) is -3.05. The summed E-state index contributed by atoms with van der Waals surface area (Å²) in [6, 6.07) is 10.1. The summed E-state index contributed by atoms with van der Waals surface area (Å²) < 4.78 is 41.3. The first-order chi connectivity index (χ1) is 10.3. The van der Waals surface area contributed by atoms with Crippen molar-refractivity contribution in [3.63, 3.8) is 0 Å². The van der Waals surface area contributed by atoms with Gasteiger partial charge in [0.1, 0.15) is 11.6 Å². The van der Waals surface area contributed by atoms with E-state index in [1.165, 1.54) is 12.1 Å². The highest BCUT2D eigenvalue weighted by atomic mass is 19.4. The third-order valence-electron chi connectivity index (χ3n) is 3.03. The molecule has 1 aromatic carbocycles. The van der Waals surface area contributed by atoms with Crippen LogP contribution in [-0.4, -0.2) is 11.3 Å². The van der Waals surface area contributed by atoms with E-state index in [4.69, 9.17) is 0 Å². The number of hydrogen-bond acceptors (Lipinski definition) is 3. The van der Waals surface area contributed by atoms with Crippen molar-refractivity contribution in [3.05, 3.63) is 53.7 Å². The second-order valence-corrected chi connectivity index (χ2v) is 5.18. The molecule has 6 heteroatoms. The maximum atomic E-state index is 12.4. The van der Waals surface area contributed by atoms with E-state index in [1.807, 2.05) is 26.0 Å². The molecule has 1 aromatic heterocycles. The van der Waals surface area contributed by atoms with Crippen molar-refractivity contribution in [2.75, 3.05) is 5.32 Å². The van der Waals surface area contributed by atoms with E-state index in [2.05, 4.69) is 15.0 Å². The van der Waals surface area contributed by atoms with Gasteiger partial charge < -0.3 is 10.1 Å². The van der Waals surface area contributed by atoms with Crippen LogP contribution in [-0.2, 0) is 6.54 Å². The average molecular weight is 310 g/mol. The molecule has 0 saturated carbocycles. The lowest BCUT2D eigenvalue weighted by Crippen LogP contribution is -2.17. The number of nitrogens with zero attached hydrogens (tertiary/aromatic N) is 1. The standard InChI is InChI=1S/C16H17F3N2O/c1-11(2)13-7-12(8-14(9-13)22-16(17,18)19)10-21-15-5-3-4-6-20-15/h3-9,11H,10H2,1-2H3,(H,20,21). The SMILES string of the molecule is CC(C)c1cc(CNc2ccccn2)cc(OC(F)(F)F)c1. The maximum Gasteiger partial charge on any atom is 0.573 e. The first-order valence-electron chi connectivity index (χ1n) is 6.88. The van der Waals surface area contributed by atoms with Gasteiger partial charge in [0, 0.05) is 12.7 Å². The van der Waals surface area contributed by atoms with Crippen LogP contribution >= 0.6 is 0 Å². The van der Waals surface area contributed by atoms with Gasteiger partial charge in [-0.25, -0.2) is 4.98 Å². The van der Waals surface area contributed by atoms with Crippen LogP contribution in [0.5, 0.6) is 5.75 Å². The van der Waals surface area contributed by atoms with Crippen molar-refractivity contribution >= 4 is 5.82 Å². The van der Waals surface area contributed by atoms with Crippen LogP contribution in [0.25, 0.3) is 0 Å². The minimum absolute atomic E-state index is 0.102. The van der Waals surface area contributed by atoms with Crippen LogP contribution in [0.3, 0.4) is 0 Å². The lowest BCUT2D eigenvalue weighted by atomic mass is 10.0. The third kappa shape index (κ3) is 4.95. The van der Waals surface area contributed by atoms with Crippen molar-refractivity contribution in [1.29, 1.82) is 0 Å². The molecule has 0 spiro atoms. The molecule has 1 N–H and O–H groups in total. The van der Waals surface area contributed by atoms with Gasteiger partial charge in [-0.2, -0.15) is 0 Å². The zero-order valence-electron chi connectivity index (χ0n) is 12.3. The zero-order chi connectivity index (χ0) is 16.2. The van der Waals surface area contributed by atoms with Crippen LogP contribution < -0.4 is 10.1 Å². The van der Waals surface area contributed by atoms with Gasteiger partial charge in [-0.05, 0) is 41.3 Å². The van der Waals surface area contributed by atoms with Crippen molar-refractivity contribution < 1.29 is 17.9 Å². The predicted octanol–water partition coefficient (Wildman–Crippen LogP) is 4.72. The van der Waals surface area contributed by atoms with Gasteiger partial charge >= 0.3 is 6.36 Å². The predicted molar refractivity (Wildman–Crippen MR) is 78.8 cm³/mol. The molecular weight excluding hydrogens is 293 g/mol. The van der Waals surface area contributed by atoms with E-state index < -0.39 is 6.36 Å². The Labute approximate surface area is 127 Å². The van der Waals surface area contributed by atoms with E-state index in [0.29, 0.717) is 17.9 Å². The quantitative estimate of drug-likeness (QED) is 0.868. The minimum Gasteiger partial charge on any atom is -0.406 e. The first kappa shape index (κ1) is 16.1. The molecule has 0 aliphatic carbocycles. The smallest absolute Gasteiger partial charge is 0.406 e. The van der Waals surface area contributed by atoms with Crippen LogP contribution in [0.4, 0.5) is 19.0 Å². The number of alkyl halides is 3. The molecule has 22 heavy (non-hydrogen) atoms. The number of benzene rings is 1. The summed E-state index contributed by atoms with van der Waals surface area (Å²) in [5.41, 5.74) is 1.50. The number of nitrogens with one attached hydrogen (secondary N) is 1. The molecule has 0 aliphatic rings. The van der Waals surface area contributed by atoms with Gasteiger partial charge in [0.25, 0.3) is 0 Å². The molecule has 0 unspecified atom stereocenters. The van der Waals surface area contributed by atoms with Crippen LogP contribution in [0, 0.1) is 0 Å².